The second-order valence-electron chi connectivity index (χ2n) is 6.91. The van der Waals surface area contributed by atoms with Crippen molar-refractivity contribution in [1.29, 1.82) is 0 Å². The molecule has 7 nitrogen and oxygen atoms in total. The summed E-state index contributed by atoms with van der Waals surface area (Å²) >= 11 is 0. The normalized spacial score (nSPS) is 20.6. The molecular formula is C18H24N6O. The van der Waals surface area contributed by atoms with Gasteiger partial charge in [-0.25, -0.2) is 19.7 Å². The van der Waals surface area contributed by atoms with Gasteiger partial charge in [-0.3, -0.25) is 5.32 Å². The molecule has 2 aliphatic rings. The van der Waals surface area contributed by atoms with E-state index in [1.54, 1.807) is 6.20 Å². The van der Waals surface area contributed by atoms with Crippen LogP contribution in [0, 0.1) is 0 Å². The van der Waals surface area contributed by atoms with Crippen LogP contribution in [0.4, 0.5) is 10.7 Å². The second kappa shape index (κ2) is 7.21. The van der Waals surface area contributed by atoms with E-state index >= 15 is 0 Å². The molecule has 132 valence electrons. The van der Waals surface area contributed by atoms with Crippen LogP contribution in [0.5, 0.6) is 0 Å². The molecule has 0 radical (unpaired) electrons. The molecule has 3 heterocycles. The summed E-state index contributed by atoms with van der Waals surface area (Å²) in [7, 11) is 0. The molecule has 1 unspecified atom stereocenters. The number of aryl methyl sites for hydroxylation is 2. The van der Waals surface area contributed by atoms with Crippen LogP contribution in [-0.2, 0) is 12.8 Å². The lowest BCUT2D eigenvalue weighted by molar-refractivity contribution is 0.178. The largest absolute Gasteiger partial charge is 0.333 e. The summed E-state index contributed by atoms with van der Waals surface area (Å²) < 4.78 is 2.08. The van der Waals surface area contributed by atoms with Gasteiger partial charge in [-0.05, 0) is 44.1 Å². The van der Waals surface area contributed by atoms with Crippen molar-refractivity contribution in [3.8, 4) is 0 Å². The fourth-order valence-electron chi connectivity index (χ4n) is 3.75. The van der Waals surface area contributed by atoms with Crippen LogP contribution in [0.15, 0.2) is 24.9 Å². The Morgan fingerprint density at radius 3 is 3.00 bits per heavy atom. The van der Waals surface area contributed by atoms with Crippen molar-refractivity contribution in [1.82, 2.24) is 24.4 Å². The molecule has 0 spiro atoms. The number of hydrogen-bond acceptors (Lipinski definition) is 4. The maximum Gasteiger partial charge on any atom is 0.324 e. The fraction of sp³-hybridized carbons (Fsp3) is 0.556. The number of imidazole rings is 1. The Bertz CT molecular complexity index is 729. The lowest BCUT2D eigenvalue weighted by Crippen LogP contribution is -2.43. The van der Waals surface area contributed by atoms with Crippen molar-refractivity contribution < 1.29 is 4.79 Å². The molecule has 0 saturated carbocycles. The SMILES string of the molecule is O=C(Nc1ncc2c(n1)CCCCC2)N1CCCC(n2ccnc2)C1. The minimum absolute atomic E-state index is 0.113. The molecule has 1 aliphatic heterocycles. The number of carbonyl (C=O) groups is 1. The first-order chi connectivity index (χ1) is 12.3. The number of likely N-dealkylation sites (tertiary alicyclic amines) is 1. The number of rotatable bonds is 2. The highest BCUT2D eigenvalue weighted by Gasteiger charge is 2.25. The lowest BCUT2D eigenvalue weighted by atomic mass is 10.1. The summed E-state index contributed by atoms with van der Waals surface area (Å²) in [5, 5.41) is 2.89. The molecular weight excluding hydrogens is 316 g/mol. The van der Waals surface area contributed by atoms with E-state index in [9.17, 15) is 4.79 Å². The van der Waals surface area contributed by atoms with Gasteiger partial charge in [-0.15, -0.1) is 0 Å². The lowest BCUT2D eigenvalue weighted by Gasteiger charge is -2.33. The fourth-order valence-corrected chi connectivity index (χ4v) is 3.75. The standard InChI is InChI=1S/C18H24N6O/c25-18(23-9-4-6-15(12-23)24-10-8-19-13-24)22-17-20-11-14-5-2-1-3-7-16(14)21-17/h8,10-11,13,15H,1-7,9,12H2,(H,20,21,22,25). The van der Waals surface area contributed by atoms with Gasteiger partial charge in [0.2, 0.25) is 5.95 Å². The number of amides is 2. The predicted molar refractivity (Wildman–Crippen MR) is 94.4 cm³/mol. The third-order valence-electron chi connectivity index (χ3n) is 5.16. The number of nitrogens with one attached hydrogen (secondary N) is 1. The highest BCUT2D eigenvalue weighted by atomic mass is 16.2. The number of fused-ring (bicyclic) bond motifs is 1. The van der Waals surface area contributed by atoms with Crippen LogP contribution in [0.2, 0.25) is 0 Å². The predicted octanol–water partition coefficient (Wildman–Crippen LogP) is 2.81. The van der Waals surface area contributed by atoms with Crippen LogP contribution in [0.3, 0.4) is 0 Å². The average Bonchev–Trinajstić information content (AvgIpc) is 3.08. The minimum Gasteiger partial charge on any atom is -0.333 e. The first-order valence-electron chi connectivity index (χ1n) is 9.18. The second-order valence-corrected chi connectivity index (χ2v) is 6.91. The van der Waals surface area contributed by atoms with Crippen molar-refractivity contribution in [2.45, 2.75) is 51.0 Å². The molecule has 2 aromatic heterocycles. The van der Waals surface area contributed by atoms with Gasteiger partial charge in [0.1, 0.15) is 0 Å². The maximum atomic E-state index is 12.6. The zero-order valence-electron chi connectivity index (χ0n) is 14.4. The first kappa shape index (κ1) is 16.1. The third kappa shape index (κ3) is 3.65. The Labute approximate surface area is 147 Å². The minimum atomic E-state index is -0.113. The Balaban J connectivity index is 1.42. The molecule has 0 aromatic carbocycles. The molecule has 0 bridgehead atoms. The number of hydrogen-bond donors (Lipinski definition) is 1. The Hall–Kier alpha value is -2.44. The summed E-state index contributed by atoms with van der Waals surface area (Å²) in [6.45, 7) is 1.45. The van der Waals surface area contributed by atoms with Crippen LogP contribution >= 0.6 is 0 Å². The highest BCUT2D eigenvalue weighted by Crippen LogP contribution is 2.22. The van der Waals surface area contributed by atoms with Crippen molar-refractivity contribution in [2.75, 3.05) is 18.4 Å². The number of anilines is 1. The maximum absolute atomic E-state index is 12.6. The van der Waals surface area contributed by atoms with E-state index < -0.39 is 0 Å². The molecule has 1 N–H and O–H groups in total. The summed E-state index contributed by atoms with van der Waals surface area (Å²) in [6.07, 6.45) is 15.1. The van der Waals surface area contributed by atoms with E-state index in [0.717, 1.165) is 44.3 Å². The Morgan fingerprint density at radius 2 is 2.12 bits per heavy atom. The summed E-state index contributed by atoms with van der Waals surface area (Å²) in [5.74, 6) is 0.426. The molecule has 1 fully saturated rings. The molecule has 1 aliphatic carbocycles. The monoisotopic (exact) mass is 340 g/mol. The van der Waals surface area contributed by atoms with Crippen molar-refractivity contribution in [3.05, 3.63) is 36.2 Å². The Kier molecular flexibility index (Phi) is 4.63. The van der Waals surface area contributed by atoms with E-state index in [-0.39, 0.29) is 12.1 Å². The van der Waals surface area contributed by atoms with Gasteiger partial charge in [0.05, 0.1) is 12.4 Å². The molecule has 7 heteroatoms. The van der Waals surface area contributed by atoms with Crippen LogP contribution in [0.25, 0.3) is 0 Å². The van der Waals surface area contributed by atoms with E-state index in [2.05, 4.69) is 24.8 Å². The van der Waals surface area contributed by atoms with Crippen molar-refractivity contribution in [3.63, 3.8) is 0 Å². The summed E-state index contributed by atoms with van der Waals surface area (Å²) in [5.41, 5.74) is 2.33. The van der Waals surface area contributed by atoms with Gasteiger partial charge in [0.25, 0.3) is 0 Å². The van der Waals surface area contributed by atoms with E-state index in [1.165, 1.54) is 18.4 Å². The van der Waals surface area contributed by atoms with Crippen molar-refractivity contribution >= 4 is 12.0 Å². The number of aromatic nitrogens is 4. The van der Waals surface area contributed by atoms with Gasteiger partial charge < -0.3 is 9.47 Å². The van der Waals surface area contributed by atoms with Crippen LogP contribution < -0.4 is 5.32 Å². The average molecular weight is 340 g/mol. The number of urea groups is 1. The van der Waals surface area contributed by atoms with Crippen LogP contribution in [-0.4, -0.2) is 43.5 Å². The molecule has 1 saturated heterocycles. The molecule has 2 amide bonds. The topological polar surface area (TPSA) is 75.9 Å². The molecule has 25 heavy (non-hydrogen) atoms. The smallest absolute Gasteiger partial charge is 0.324 e. The van der Waals surface area contributed by atoms with Gasteiger partial charge in [0, 0.05) is 37.4 Å². The van der Waals surface area contributed by atoms with E-state index in [0.29, 0.717) is 12.5 Å². The molecule has 1 atom stereocenters. The van der Waals surface area contributed by atoms with E-state index in [4.69, 9.17) is 0 Å². The first-order valence-corrected chi connectivity index (χ1v) is 9.18. The van der Waals surface area contributed by atoms with Gasteiger partial charge in [-0.1, -0.05) is 6.42 Å². The Morgan fingerprint density at radius 1 is 1.20 bits per heavy atom. The zero-order chi connectivity index (χ0) is 17.1. The summed E-state index contributed by atoms with van der Waals surface area (Å²) in [4.78, 5) is 27.5. The number of carbonyl (C=O) groups excluding carboxylic acids is 1. The van der Waals surface area contributed by atoms with Gasteiger partial charge >= 0.3 is 6.03 Å². The van der Waals surface area contributed by atoms with Gasteiger partial charge in [-0.2, -0.15) is 0 Å². The zero-order valence-corrected chi connectivity index (χ0v) is 14.4. The number of piperidine rings is 1. The van der Waals surface area contributed by atoms with Crippen LogP contribution in [0.1, 0.15) is 49.4 Å². The third-order valence-corrected chi connectivity index (χ3v) is 5.16. The van der Waals surface area contributed by atoms with Gasteiger partial charge in [0.15, 0.2) is 0 Å². The van der Waals surface area contributed by atoms with E-state index in [1.807, 2.05) is 23.6 Å². The molecule has 2 aromatic rings. The quantitative estimate of drug-likeness (QED) is 0.853. The highest BCUT2D eigenvalue weighted by molar-refractivity contribution is 5.87. The summed E-state index contributed by atoms with van der Waals surface area (Å²) in [6, 6.07) is 0.174. The number of nitrogens with zero attached hydrogens (tertiary/aromatic N) is 5. The van der Waals surface area contributed by atoms with Crippen molar-refractivity contribution in [2.24, 2.45) is 0 Å². The molecule has 4 rings (SSSR count).